The molecule has 0 saturated carbocycles. The number of halogens is 1. The first kappa shape index (κ1) is 24.7. The molecule has 186 valence electrons. The van der Waals surface area contributed by atoms with Gasteiger partial charge in [0.15, 0.2) is 0 Å². The molecule has 1 aromatic heterocycles. The van der Waals surface area contributed by atoms with Crippen LogP contribution in [0.4, 0.5) is 10.1 Å². The van der Waals surface area contributed by atoms with Crippen LogP contribution < -0.4 is 14.9 Å². The number of hydrogen-bond acceptors (Lipinski definition) is 7. The van der Waals surface area contributed by atoms with Crippen molar-refractivity contribution < 1.29 is 31.6 Å². The number of nitrogens with one attached hydrogen (secondary N) is 2. The summed E-state index contributed by atoms with van der Waals surface area (Å²) in [7, 11) is 0.601. The zero-order valence-electron chi connectivity index (χ0n) is 19.7. The average Bonchev–Trinajstić information content (AvgIpc) is 3.46. The fraction of sp³-hybridized carbons (Fsp3) is 0.333. The summed E-state index contributed by atoms with van der Waals surface area (Å²) in [5.41, 5.74) is 2.06. The second-order valence-corrected chi connectivity index (χ2v) is 10.5. The molecular formula is C24H26FN3O6S. The summed E-state index contributed by atoms with van der Waals surface area (Å²) in [4.78, 5) is 25.0. The average molecular weight is 504 g/mol. The zero-order chi connectivity index (χ0) is 25.5. The Labute approximate surface area is 202 Å². The fourth-order valence-corrected chi connectivity index (χ4v) is 4.89. The molecule has 1 aliphatic heterocycles. The number of ether oxygens (including phenoxy) is 1. The third kappa shape index (κ3) is 4.61. The summed E-state index contributed by atoms with van der Waals surface area (Å²) < 4.78 is 50.4. The lowest BCUT2D eigenvalue weighted by molar-refractivity contribution is -0.142. The number of rotatable bonds is 6. The van der Waals surface area contributed by atoms with E-state index in [9.17, 15) is 22.4 Å². The molecule has 2 aromatic carbocycles. The summed E-state index contributed by atoms with van der Waals surface area (Å²) in [6, 6.07) is 8.33. The number of hydrogen-bond donors (Lipinski definition) is 2. The molecule has 1 aliphatic rings. The number of carbonyl (C=O) groups is 2. The third-order valence-electron chi connectivity index (χ3n) is 6.29. The number of sulfonamides is 1. The molecule has 1 saturated heterocycles. The van der Waals surface area contributed by atoms with E-state index >= 15 is 0 Å². The van der Waals surface area contributed by atoms with E-state index in [2.05, 4.69) is 10.6 Å². The Hall–Kier alpha value is -3.44. The van der Waals surface area contributed by atoms with Gasteiger partial charge in [-0.1, -0.05) is 0 Å². The standard InChI is InChI=1S/C24H26FN3O6S/c1-26-23(29)21-17-10-16(14-9-18(27-12-14)24(30)33-3)19(28(2)35(4,31)32)11-20(17)34-22(21)13-5-7-15(25)8-6-13/h5-8,10-11,14,18,27H,9,12H2,1-4H3,(H,26,29). The molecule has 4 rings (SSSR count). The highest BCUT2D eigenvalue weighted by Gasteiger charge is 2.34. The van der Waals surface area contributed by atoms with Crippen LogP contribution in [0.3, 0.4) is 0 Å². The maximum Gasteiger partial charge on any atom is 0.322 e. The molecule has 2 unspecified atom stereocenters. The van der Waals surface area contributed by atoms with Crippen LogP contribution in [0.15, 0.2) is 40.8 Å². The fourth-order valence-electron chi connectivity index (χ4n) is 4.38. The summed E-state index contributed by atoms with van der Waals surface area (Å²) in [6.07, 6.45) is 1.48. The number of methoxy groups -OCH3 is 1. The van der Waals surface area contributed by atoms with Crippen LogP contribution in [0.1, 0.15) is 28.3 Å². The van der Waals surface area contributed by atoms with E-state index in [4.69, 9.17) is 9.15 Å². The molecule has 0 spiro atoms. The van der Waals surface area contributed by atoms with Gasteiger partial charge in [-0.15, -0.1) is 0 Å². The zero-order valence-corrected chi connectivity index (χ0v) is 20.5. The van der Waals surface area contributed by atoms with Crippen molar-refractivity contribution >= 4 is 38.6 Å². The molecule has 2 atom stereocenters. The highest BCUT2D eigenvalue weighted by Crippen LogP contribution is 2.41. The Kier molecular flexibility index (Phi) is 6.56. The second-order valence-electron chi connectivity index (χ2n) is 8.45. The van der Waals surface area contributed by atoms with Crippen molar-refractivity contribution in [3.05, 3.63) is 53.3 Å². The van der Waals surface area contributed by atoms with Gasteiger partial charge in [0.25, 0.3) is 5.91 Å². The van der Waals surface area contributed by atoms with Gasteiger partial charge in [0.1, 0.15) is 23.2 Å². The number of furan rings is 1. The maximum atomic E-state index is 13.5. The maximum absolute atomic E-state index is 13.5. The Morgan fingerprint density at radius 3 is 2.51 bits per heavy atom. The topological polar surface area (TPSA) is 118 Å². The van der Waals surface area contributed by atoms with Crippen LogP contribution in [0.25, 0.3) is 22.3 Å². The first-order valence-corrected chi connectivity index (χ1v) is 12.7. The summed E-state index contributed by atoms with van der Waals surface area (Å²) in [5.74, 6) is -1.24. The van der Waals surface area contributed by atoms with E-state index in [0.29, 0.717) is 40.7 Å². The van der Waals surface area contributed by atoms with Crippen molar-refractivity contribution in [1.82, 2.24) is 10.6 Å². The minimum atomic E-state index is -3.63. The molecule has 9 nitrogen and oxygen atoms in total. The van der Waals surface area contributed by atoms with Gasteiger partial charge in [0, 0.05) is 43.6 Å². The van der Waals surface area contributed by atoms with Crippen molar-refractivity contribution in [2.75, 3.05) is 38.3 Å². The monoisotopic (exact) mass is 503 g/mol. The number of amides is 1. The molecule has 11 heteroatoms. The first-order valence-electron chi connectivity index (χ1n) is 10.9. The minimum absolute atomic E-state index is 0.232. The molecule has 0 bridgehead atoms. The normalized spacial score (nSPS) is 18.0. The number of fused-ring (bicyclic) bond motifs is 1. The van der Waals surface area contributed by atoms with E-state index in [0.717, 1.165) is 10.6 Å². The number of carbonyl (C=O) groups excluding carboxylic acids is 2. The van der Waals surface area contributed by atoms with Gasteiger partial charge in [0.05, 0.1) is 24.6 Å². The lowest BCUT2D eigenvalue weighted by Crippen LogP contribution is -2.31. The van der Waals surface area contributed by atoms with E-state index in [1.807, 2.05) is 0 Å². The van der Waals surface area contributed by atoms with Crippen molar-refractivity contribution in [3.63, 3.8) is 0 Å². The van der Waals surface area contributed by atoms with Crippen molar-refractivity contribution in [2.24, 2.45) is 0 Å². The minimum Gasteiger partial charge on any atom is -0.468 e. The molecular weight excluding hydrogens is 477 g/mol. The molecule has 0 aliphatic carbocycles. The van der Waals surface area contributed by atoms with Gasteiger partial charge in [-0.05, 0) is 42.3 Å². The largest absolute Gasteiger partial charge is 0.468 e. The van der Waals surface area contributed by atoms with Crippen LogP contribution in [-0.2, 0) is 19.6 Å². The number of anilines is 1. The van der Waals surface area contributed by atoms with Crippen molar-refractivity contribution in [3.8, 4) is 11.3 Å². The Morgan fingerprint density at radius 2 is 1.91 bits per heavy atom. The Balaban J connectivity index is 1.95. The van der Waals surface area contributed by atoms with Crippen LogP contribution in [0, 0.1) is 5.82 Å². The van der Waals surface area contributed by atoms with Crippen LogP contribution in [-0.4, -0.2) is 60.3 Å². The molecule has 3 aromatic rings. The lowest BCUT2D eigenvalue weighted by atomic mass is 9.92. The predicted molar refractivity (Wildman–Crippen MR) is 129 cm³/mol. The highest BCUT2D eigenvalue weighted by molar-refractivity contribution is 7.92. The third-order valence-corrected chi connectivity index (χ3v) is 7.48. The van der Waals surface area contributed by atoms with E-state index < -0.39 is 33.8 Å². The van der Waals surface area contributed by atoms with Crippen LogP contribution >= 0.6 is 0 Å². The number of nitrogens with zero attached hydrogens (tertiary/aromatic N) is 1. The van der Waals surface area contributed by atoms with E-state index in [1.54, 1.807) is 12.1 Å². The number of benzene rings is 2. The van der Waals surface area contributed by atoms with Crippen molar-refractivity contribution in [1.29, 1.82) is 0 Å². The SMILES string of the molecule is CNC(=O)c1c(-c2ccc(F)cc2)oc2cc(N(C)S(C)(=O)=O)c(C3CNC(C(=O)OC)C3)cc12. The molecule has 1 amide bonds. The van der Waals surface area contributed by atoms with E-state index in [1.165, 1.54) is 45.5 Å². The Bertz CT molecular complexity index is 1400. The quantitative estimate of drug-likeness (QED) is 0.497. The lowest BCUT2D eigenvalue weighted by Gasteiger charge is -2.23. The Morgan fingerprint density at radius 1 is 1.23 bits per heavy atom. The summed E-state index contributed by atoms with van der Waals surface area (Å²) in [5, 5.41) is 6.20. The smallest absolute Gasteiger partial charge is 0.322 e. The van der Waals surface area contributed by atoms with Crippen molar-refractivity contribution in [2.45, 2.75) is 18.4 Å². The van der Waals surface area contributed by atoms with Gasteiger partial charge < -0.3 is 19.8 Å². The molecule has 35 heavy (non-hydrogen) atoms. The van der Waals surface area contributed by atoms with E-state index in [-0.39, 0.29) is 17.2 Å². The van der Waals surface area contributed by atoms with Gasteiger partial charge in [-0.25, -0.2) is 12.8 Å². The molecule has 0 radical (unpaired) electrons. The summed E-state index contributed by atoms with van der Waals surface area (Å²) in [6.45, 7) is 0.411. The molecule has 1 fully saturated rings. The summed E-state index contributed by atoms with van der Waals surface area (Å²) >= 11 is 0. The van der Waals surface area contributed by atoms with Gasteiger partial charge in [-0.3, -0.25) is 13.9 Å². The van der Waals surface area contributed by atoms with Crippen LogP contribution in [0.5, 0.6) is 0 Å². The van der Waals surface area contributed by atoms with Gasteiger partial charge in [0.2, 0.25) is 10.0 Å². The highest BCUT2D eigenvalue weighted by atomic mass is 32.2. The second kappa shape index (κ2) is 9.31. The molecule has 2 heterocycles. The van der Waals surface area contributed by atoms with Crippen LogP contribution in [0.2, 0.25) is 0 Å². The van der Waals surface area contributed by atoms with Gasteiger partial charge in [-0.2, -0.15) is 0 Å². The van der Waals surface area contributed by atoms with Gasteiger partial charge >= 0.3 is 5.97 Å². The number of esters is 1. The molecule has 2 N–H and O–H groups in total. The predicted octanol–water partition coefficient (Wildman–Crippen LogP) is 2.61. The first-order chi connectivity index (χ1) is 16.5.